The van der Waals surface area contributed by atoms with Crippen LogP contribution >= 0.6 is 12.4 Å². The van der Waals surface area contributed by atoms with Gasteiger partial charge in [0, 0.05) is 6.54 Å². The maximum Gasteiger partial charge on any atom is 0.108 e. The Hall–Kier alpha value is -1.82. The van der Waals surface area contributed by atoms with Gasteiger partial charge in [-0.25, -0.2) is 0 Å². The smallest absolute Gasteiger partial charge is 0.108 e. The fourth-order valence-electron chi connectivity index (χ4n) is 3.59. The van der Waals surface area contributed by atoms with Crippen LogP contribution in [-0.2, 0) is 5.41 Å². The van der Waals surface area contributed by atoms with Crippen LogP contribution < -0.4 is 0 Å². The number of piperidine rings is 1. The second-order valence-corrected chi connectivity index (χ2v) is 6.40. The third-order valence-corrected chi connectivity index (χ3v) is 4.98. The molecule has 1 aliphatic heterocycles. The van der Waals surface area contributed by atoms with E-state index in [9.17, 15) is 5.26 Å². The maximum atomic E-state index is 10.1. The van der Waals surface area contributed by atoms with Crippen LogP contribution in [0, 0.1) is 11.3 Å². The standard InChI is InChI=1S/C21H24N2.ClH/c22-18-21(19-10-4-1-5-11-19,20-12-6-2-7-13-20)14-17-23-15-8-3-9-16-23;/h1-2,4-7,10-13H,3,8-9,14-17H2;1H. The number of hydrogen-bond acceptors (Lipinski definition) is 2. The van der Waals surface area contributed by atoms with Gasteiger partial charge in [-0.05, 0) is 43.5 Å². The Kier molecular flexibility index (Phi) is 6.85. The number of nitrogens with zero attached hydrogens (tertiary/aromatic N) is 2. The minimum atomic E-state index is -0.556. The fraction of sp³-hybridized carbons (Fsp3) is 0.381. The summed E-state index contributed by atoms with van der Waals surface area (Å²) >= 11 is 0. The van der Waals surface area contributed by atoms with Gasteiger partial charge in [0.1, 0.15) is 5.41 Å². The van der Waals surface area contributed by atoms with E-state index in [1.54, 1.807) is 0 Å². The fourth-order valence-corrected chi connectivity index (χ4v) is 3.59. The summed E-state index contributed by atoms with van der Waals surface area (Å²) < 4.78 is 0. The highest BCUT2D eigenvalue weighted by atomic mass is 35.5. The molecule has 0 radical (unpaired) electrons. The summed E-state index contributed by atoms with van der Waals surface area (Å²) in [7, 11) is 0. The van der Waals surface area contributed by atoms with E-state index in [1.807, 2.05) is 36.4 Å². The molecule has 3 heteroatoms. The van der Waals surface area contributed by atoms with Crippen molar-refractivity contribution < 1.29 is 0 Å². The first-order valence-corrected chi connectivity index (χ1v) is 8.60. The molecule has 1 aliphatic rings. The second kappa shape index (κ2) is 8.87. The molecule has 0 unspecified atom stereocenters. The zero-order valence-corrected chi connectivity index (χ0v) is 14.8. The average molecular weight is 341 g/mol. The summed E-state index contributed by atoms with van der Waals surface area (Å²) in [5.74, 6) is 0. The van der Waals surface area contributed by atoms with Crippen LogP contribution in [0.2, 0.25) is 0 Å². The van der Waals surface area contributed by atoms with Gasteiger partial charge in [0.2, 0.25) is 0 Å². The lowest BCUT2D eigenvalue weighted by molar-refractivity contribution is 0.218. The van der Waals surface area contributed by atoms with Crippen molar-refractivity contribution in [3.05, 3.63) is 71.8 Å². The molecule has 3 rings (SSSR count). The molecular weight excluding hydrogens is 316 g/mol. The molecule has 2 nitrogen and oxygen atoms in total. The van der Waals surface area contributed by atoms with Crippen molar-refractivity contribution in [2.24, 2.45) is 0 Å². The number of rotatable bonds is 5. The summed E-state index contributed by atoms with van der Waals surface area (Å²) in [5.41, 5.74) is 1.65. The lowest BCUT2D eigenvalue weighted by Crippen LogP contribution is -2.36. The topological polar surface area (TPSA) is 27.0 Å². The molecule has 24 heavy (non-hydrogen) atoms. The molecule has 0 saturated carbocycles. The first-order valence-electron chi connectivity index (χ1n) is 8.60. The largest absolute Gasteiger partial charge is 0.303 e. The van der Waals surface area contributed by atoms with Crippen LogP contribution in [0.25, 0.3) is 0 Å². The summed E-state index contributed by atoms with van der Waals surface area (Å²) in [4.78, 5) is 2.52. The Bertz CT molecular complexity index is 603. The molecule has 0 amide bonds. The molecule has 0 spiro atoms. The van der Waals surface area contributed by atoms with E-state index in [-0.39, 0.29) is 12.4 Å². The molecule has 2 aromatic rings. The normalized spacial score (nSPS) is 15.3. The quantitative estimate of drug-likeness (QED) is 0.782. The molecule has 0 N–H and O–H groups in total. The minimum absolute atomic E-state index is 0. The number of hydrogen-bond donors (Lipinski definition) is 0. The molecular formula is C21H25ClN2. The van der Waals surface area contributed by atoms with Crippen molar-refractivity contribution in [3.8, 4) is 6.07 Å². The average Bonchev–Trinajstić information content (AvgIpc) is 2.65. The lowest BCUT2D eigenvalue weighted by Gasteiger charge is -2.33. The van der Waals surface area contributed by atoms with E-state index >= 15 is 0 Å². The molecule has 0 atom stereocenters. The molecule has 126 valence electrons. The van der Waals surface area contributed by atoms with Gasteiger partial charge in [0.15, 0.2) is 0 Å². The van der Waals surface area contributed by atoms with Gasteiger partial charge in [-0.3, -0.25) is 0 Å². The van der Waals surface area contributed by atoms with Gasteiger partial charge in [-0.1, -0.05) is 67.1 Å². The van der Waals surface area contributed by atoms with Crippen molar-refractivity contribution in [2.75, 3.05) is 19.6 Å². The van der Waals surface area contributed by atoms with Gasteiger partial charge in [-0.2, -0.15) is 5.26 Å². The molecule has 2 aromatic carbocycles. The van der Waals surface area contributed by atoms with Crippen LogP contribution in [0.3, 0.4) is 0 Å². The second-order valence-electron chi connectivity index (χ2n) is 6.40. The van der Waals surface area contributed by atoms with Crippen molar-refractivity contribution in [1.82, 2.24) is 4.90 Å². The van der Waals surface area contributed by atoms with Gasteiger partial charge in [-0.15, -0.1) is 12.4 Å². The Morgan fingerprint density at radius 2 is 1.33 bits per heavy atom. The van der Waals surface area contributed by atoms with Crippen molar-refractivity contribution in [2.45, 2.75) is 31.1 Å². The highest BCUT2D eigenvalue weighted by Crippen LogP contribution is 2.35. The Balaban J connectivity index is 0.00000208. The Morgan fingerprint density at radius 3 is 1.79 bits per heavy atom. The first kappa shape index (κ1) is 18.5. The molecule has 1 heterocycles. The Labute approximate surface area is 151 Å². The summed E-state index contributed by atoms with van der Waals surface area (Å²) in [6.07, 6.45) is 4.77. The van der Waals surface area contributed by atoms with Crippen LogP contribution in [-0.4, -0.2) is 24.5 Å². The highest BCUT2D eigenvalue weighted by molar-refractivity contribution is 5.85. The molecule has 1 saturated heterocycles. The van der Waals surface area contributed by atoms with E-state index in [1.165, 1.54) is 32.4 Å². The van der Waals surface area contributed by atoms with E-state index in [0.29, 0.717) is 0 Å². The van der Waals surface area contributed by atoms with Gasteiger partial charge >= 0.3 is 0 Å². The third kappa shape index (κ3) is 3.98. The van der Waals surface area contributed by atoms with E-state index < -0.39 is 5.41 Å². The minimum Gasteiger partial charge on any atom is -0.303 e. The predicted octanol–water partition coefficient (Wildman–Crippen LogP) is 4.79. The molecule has 0 aromatic heterocycles. The van der Waals surface area contributed by atoms with E-state index in [0.717, 1.165) is 24.1 Å². The van der Waals surface area contributed by atoms with Gasteiger partial charge in [0.25, 0.3) is 0 Å². The number of likely N-dealkylation sites (tertiary alicyclic amines) is 1. The lowest BCUT2D eigenvalue weighted by atomic mass is 9.73. The van der Waals surface area contributed by atoms with Gasteiger partial charge < -0.3 is 4.90 Å². The van der Waals surface area contributed by atoms with Gasteiger partial charge in [0.05, 0.1) is 6.07 Å². The van der Waals surface area contributed by atoms with Crippen molar-refractivity contribution in [3.63, 3.8) is 0 Å². The van der Waals surface area contributed by atoms with Crippen LogP contribution in [0.5, 0.6) is 0 Å². The summed E-state index contributed by atoms with van der Waals surface area (Å²) in [5, 5.41) is 10.1. The number of nitriles is 1. The first-order chi connectivity index (χ1) is 11.3. The zero-order chi connectivity index (χ0) is 16.0. The summed E-state index contributed by atoms with van der Waals surface area (Å²) in [6, 6.07) is 23.2. The van der Waals surface area contributed by atoms with Crippen molar-refractivity contribution in [1.29, 1.82) is 5.26 Å². The molecule has 0 bridgehead atoms. The van der Waals surface area contributed by atoms with Crippen LogP contribution in [0.1, 0.15) is 36.8 Å². The van der Waals surface area contributed by atoms with E-state index in [2.05, 4.69) is 35.2 Å². The molecule has 0 aliphatic carbocycles. The SMILES string of the molecule is Cl.N#CC(CCN1CCCCC1)(c1ccccc1)c1ccccc1. The zero-order valence-electron chi connectivity index (χ0n) is 14.0. The summed E-state index contributed by atoms with van der Waals surface area (Å²) in [6.45, 7) is 3.33. The number of halogens is 1. The maximum absolute atomic E-state index is 10.1. The highest BCUT2D eigenvalue weighted by Gasteiger charge is 2.34. The van der Waals surface area contributed by atoms with Crippen LogP contribution in [0.15, 0.2) is 60.7 Å². The number of benzene rings is 2. The van der Waals surface area contributed by atoms with Crippen molar-refractivity contribution >= 4 is 12.4 Å². The Morgan fingerprint density at radius 1 is 0.833 bits per heavy atom. The predicted molar refractivity (Wildman–Crippen MR) is 101 cm³/mol. The third-order valence-electron chi connectivity index (χ3n) is 4.98. The van der Waals surface area contributed by atoms with Crippen LogP contribution in [0.4, 0.5) is 0 Å². The van der Waals surface area contributed by atoms with E-state index in [4.69, 9.17) is 0 Å². The molecule has 1 fully saturated rings. The monoisotopic (exact) mass is 340 g/mol.